The number of hydrogen-bond acceptors (Lipinski definition) is 2. The summed E-state index contributed by atoms with van der Waals surface area (Å²) in [5.74, 6) is -0.918. The van der Waals surface area contributed by atoms with Gasteiger partial charge >= 0.3 is 5.97 Å². The second-order valence-electron chi connectivity index (χ2n) is 3.27. The van der Waals surface area contributed by atoms with Gasteiger partial charge in [0.15, 0.2) is 0 Å². The Hall–Kier alpha value is -1.68. The lowest BCUT2D eigenvalue weighted by Crippen LogP contribution is -2.05. The van der Waals surface area contributed by atoms with Gasteiger partial charge in [0, 0.05) is 16.8 Å². The minimum atomic E-state index is -0.918. The maximum Gasteiger partial charge on any atom is 0.352 e. The first-order valence-corrected chi connectivity index (χ1v) is 6.00. The number of rotatable bonds is 3. The van der Waals surface area contributed by atoms with Crippen molar-refractivity contribution in [3.05, 3.63) is 48.3 Å². The molecule has 1 heterocycles. The number of carboxylic acid groups (broad SMARTS) is 1. The second kappa shape index (κ2) is 4.45. The number of carboxylic acids is 1. The average Bonchev–Trinajstić information content (AvgIpc) is 2.78. The molecule has 0 aliphatic rings. The van der Waals surface area contributed by atoms with E-state index in [-0.39, 0.29) is 5.69 Å². The maximum absolute atomic E-state index is 11.0. The van der Waals surface area contributed by atoms with Gasteiger partial charge in [0.1, 0.15) is 5.69 Å². The van der Waals surface area contributed by atoms with Crippen LogP contribution in [0.5, 0.6) is 0 Å². The van der Waals surface area contributed by atoms with E-state index in [4.69, 9.17) is 5.11 Å². The molecule has 4 heteroatoms. The highest BCUT2D eigenvalue weighted by molar-refractivity contribution is 7.98. The highest BCUT2D eigenvalue weighted by Crippen LogP contribution is 2.18. The molecule has 82 valence electrons. The Morgan fingerprint density at radius 1 is 1.25 bits per heavy atom. The van der Waals surface area contributed by atoms with E-state index >= 15 is 0 Å². The van der Waals surface area contributed by atoms with E-state index in [9.17, 15) is 4.79 Å². The first-order valence-electron chi connectivity index (χ1n) is 4.77. The topological polar surface area (TPSA) is 42.2 Å². The molecule has 0 aliphatic heterocycles. The van der Waals surface area contributed by atoms with Gasteiger partial charge in [-0.15, -0.1) is 11.8 Å². The molecule has 0 spiro atoms. The first-order chi connectivity index (χ1) is 7.72. The number of nitrogens with zero attached hydrogens (tertiary/aromatic N) is 1. The Balaban J connectivity index is 2.42. The predicted molar refractivity (Wildman–Crippen MR) is 64.5 cm³/mol. The molecule has 0 saturated carbocycles. The van der Waals surface area contributed by atoms with E-state index in [1.165, 1.54) is 0 Å². The summed E-state index contributed by atoms with van der Waals surface area (Å²) in [5, 5.41) is 8.99. The fraction of sp³-hybridized carbons (Fsp3) is 0.0833. The zero-order valence-corrected chi connectivity index (χ0v) is 9.57. The molecule has 2 aromatic rings. The van der Waals surface area contributed by atoms with Gasteiger partial charge < -0.3 is 9.67 Å². The minimum absolute atomic E-state index is 0.275. The molecule has 1 aromatic heterocycles. The average molecular weight is 233 g/mol. The molecule has 0 radical (unpaired) electrons. The van der Waals surface area contributed by atoms with E-state index in [1.54, 1.807) is 34.7 Å². The van der Waals surface area contributed by atoms with Gasteiger partial charge in [0.05, 0.1) is 0 Å². The SMILES string of the molecule is CSc1ccc(-n2cccc2C(=O)O)cc1. The number of benzene rings is 1. The van der Waals surface area contributed by atoms with Gasteiger partial charge in [0.25, 0.3) is 0 Å². The van der Waals surface area contributed by atoms with Crippen molar-refractivity contribution >= 4 is 17.7 Å². The molecule has 0 aliphatic carbocycles. The zero-order valence-electron chi connectivity index (χ0n) is 8.75. The van der Waals surface area contributed by atoms with Crippen molar-refractivity contribution in [3.8, 4) is 5.69 Å². The molecule has 1 aromatic carbocycles. The van der Waals surface area contributed by atoms with E-state index in [1.807, 2.05) is 30.5 Å². The first kappa shape index (κ1) is 10.8. The number of aromatic carboxylic acids is 1. The fourth-order valence-electron chi connectivity index (χ4n) is 1.52. The van der Waals surface area contributed by atoms with Gasteiger partial charge in [-0.3, -0.25) is 0 Å². The second-order valence-corrected chi connectivity index (χ2v) is 4.15. The molecule has 0 atom stereocenters. The third-order valence-corrected chi connectivity index (χ3v) is 3.06. The van der Waals surface area contributed by atoms with Crippen LogP contribution in [0.4, 0.5) is 0 Å². The number of aromatic nitrogens is 1. The summed E-state index contributed by atoms with van der Waals surface area (Å²) in [5.41, 5.74) is 1.14. The summed E-state index contributed by atoms with van der Waals surface area (Å²) < 4.78 is 1.66. The fourth-order valence-corrected chi connectivity index (χ4v) is 1.93. The molecule has 16 heavy (non-hydrogen) atoms. The molecule has 0 amide bonds. The van der Waals surface area contributed by atoms with Crippen LogP contribution in [0.25, 0.3) is 5.69 Å². The highest BCUT2D eigenvalue weighted by Gasteiger charge is 2.09. The Labute approximate surface area is 97.7 Å². The lowest BCUT2D eigenvalue weighted by atomic mass is 10.3. The van der Waals surface area contributed by atoms with Crippen molar-refractivity contribution in [2.75, 3.05) is 6.26 Å². The Bertz CT molecular complexity index is 502. The van der Waals surface area contributed by atoms with E-state index in [0.717, 1.165) is 10.6 Å². The monoisotopic (exact) mass is 233 g/mol. The van der Waals surface area contributed by atoms with Gasteiger partial charge in [-0.05, 0) is 42.7 Å². The quantitative estimate of drug-likeness (QED) is 0.829. The molecule has 2 rings (SSSR count). The van der Waals surface area contributed by atoms with Crippen LogP contribution in [0.15, 0.2) is 47.5 Å². The number of carbonyl (C=O) groups is 1. The van der Waals surface area contributed by atoms with Crippen LogP contribution in [0.2, 0.25) is 0 Å². The van der Waals surface area contributed by atoms with Crippen molar-refractivity contribution < 1.29 is 9.90 Å². The predicted octanol–water partition coefficient (Wildman–Crippen LogP) is 2.90. The molecular formula is C12H11NO2S. The van der Waals surface area contributed by atoms with Crippen molar-refractivity contribution in [2.24, 2.45) is 0 Å². The summed E-state index contributed by atoms with van der Waals surface area (Å²) in [6, 6.07) is 11.1. The minimum Gasteiger partial charge on any atom is -0.477 e. The number of hydrogen-bond donors (Lipinski definition) is 1. The standard InChI is InChI=1S/C12H11NO2S/c1-16-10-6-4-9(5-7-10)13-8-2-3-11(13)12(14)15/h2-8H,1H3,(H,14,15). The Morgan fingerprint density at radius 2 is 1.94 bits per heavy atom. The van der Waals surface area contributed by atoms with E-state index < -0.39 is 5.97 Å². The van der Waals surface area contributed by atoms with E-state index in [2.05, 4.69) is 0 Å². The lowest BCUT2D eigenvalue weighted by Gasteiger charge is -2.06. The molecule has 3 nitrogen and oxygen atoms in total. The smallest absolute Gasteiger partial charge is 0.352 e. The van der Waals surface area contributed by atoms with Crippen molar-refractivity contribution in [3.63, 3.8) is 0 Å². The molecular weight excluding hydrogens is 222 g/mol. The summed E-state index contributed by atoms with van der Waals surface area (Å²) in [7, 11) is 0. The largest absolute Gasteiger partial charge is 0.477 e. The van der Waals surface area contributed by atoms with Crippen LogP contribution in [0.1, 0.15) is 10.5 Å². The molecule has 0 unspecified atom stereocenters. The Morgan fingerprint density at radius 3 is 2.50 bits per heavy atom. The van der Waals surface area contributed by atoms with Crippen molar-refractivity contribution in [2.45, 2.75) is 4.90 Å². The summed E-state index contributed by atoms with van der Waals surface area (Å²) in [4.78, 5) is 12.1. The summed E-state index contributed by atoms with van der Waals surface area (Å²) in [6.45, 7) is 0. The summed E-state index contributed by atoms with van der Waals surface area (Å²) >= 11 is 1.66. The van der Waals surface area contributed by atoms with Gasteiger partial charge in [-0.1, -0.05) is 0 Å². The van der Waals surface area contributed by atoms with E-state index in [0.29, 0.717) is 0 Å². The maximum atomic E-state index is 11.0. The van der Waals surface area contributed by atoms with Crippen LogP contribution in [-0.2, 0) is 0 Å². The van der Waals surface area contributed by atoms with Crippen LogP contribution in [0.3, 0.4) is 0 Å². The normalized spacial score (nSPS) is 10.3. The number of thioether (sulfide) groups is 1. The van der Waals surface area contributed by atoms with Crippen molar-refractivity contribution in [1.29, 1.82) is 0 Å². The lowest BCUT2D eigenvalue weighted by molar-refractivity contribution is 0.0688. The highest BCUT2D eigenvalue weighted by atomic mass is 32.2. The third kappa shape index (κ3) is 1.97. The third-order valence-electron chi connectivity index (χ3n) is 2.32. The van der Waals surface area contributed by atoms with Gasteiger partial charge in [0.2, 0.25) is 0 Å². The van der Waals surface area contributed by atoms with Crippen molar-refractivity contribution in [1.82, 2.24) is 4.57 Å². The van der Waals surface area contributed by atoms with Gasteiger partial charge in [-0.25, -0.2) is 4.79 Å². The molecule has 0 bridgehead atoms. The molecule has 1 N–H and O–H groups in total. The van der Waals surface area contributed by atoms with Crippen LogP contribution in [-0.4, -0.2) is 21.9 Å². The zero-order chi connectivity index (χ0) is 11.5. The molecule has 0 saturated heterocycles. The van der Waals surface area contributed by atoms with Crippen LogP contribution in [0, 0.1) is 0 Å². The summed E-state index contributed by atoms with van der Waals surface area (Å²) in [6.07, 6.45) is 3.75. The van der Waals surface area contributed by atoms with Crippen LogP contribution >= 0.6 is 11.8 Å². The Kier molecular flexibility index (Phi) is 3.01. The van der Waals surface area contributed by atoms with Gasteiger partial charge in [-0.2, -0.15) is 0 Å². The molecule has 0 fully saturated rings. The van der Waals surface area contributed by atoms with Crippen LogP contribution < -0.4 is 0 Å².